The lowest BCUT2D eigenvalue weighted by atomic mass is 10.1. The van der Waals surface area contributed by atoms with Crippen molar-refractivity contribution in [2.24, 2.45) is 16.1 Å². The molecule has 27 heavy (non-hydrogen) atoms. The number of nitrogens with one attached hydrogen (secondary N) is 1. The zero-order valence-corrected chi connectivity index (χ0v) is 17.4. The van der Waals surface area contributed by atoms with Crippen LogP contribution in [0.5, 0.6) is 0 Å². The highest BCUT2D eigenvalue weighted by atomic mass is 32.2. The number of benzene rings is 1. The molecule has 0 atom stereocenters. The van der Waals surface area contributed by atoms with Crippen molar-refractivity contribution >= 4 is 58.8 Å². The minimum atomic E-state index is -4.06. The molecule has 0 radical (unpaired) electrons. The highest BCUT2D eigenvalue weighted by Crippen LogP contribution is 2.35. The standard InChI is InChI=1S/C17H20N4O3S3/c1-11(2)3-8-14-9-15-16(25-14)19-17(26-15)21-20-13-6-4-12(5-7-13)18-10-27(22,23)24/h4-7,9,11,18H,3,8,10H2,1-2H3,(H,22,23,24)/b21-20+. The molecule has 0 aliphatic carbocycles. The van der Waals surface area contributed by atoms with Gasteiger partial charge in [-0.05, 0) is 49.1 Å². The number of hydrogen-bond donors (Lipinski definition) is 2. The van der Waals surface area contributed by atoms with Gasteiger partial charge in [-0.2, -0.15) is 8.42 Å². The highest BCUT2D eigenvalue weighted by molar-refractivity contribution is 7.85. The minimum Gasteiger partial charge on any atom is -0.370 e. The average Bonchev–Trinajstić information content (AvgIpc) is 3.14. The van der Waals surface area contributed by atoms with Gasteiger partial charge in [-0.25, -0.2) is 4.98 Å². The first-order valence-corrected chi connectivity index (χ1v) is 11.6. The molecule has 0 aliphatic rings. The van der Waals surface area contributed by atoms with Crippen LogP contribution in [0, 0.1) is 5.92 Å². The molecular weight excluding hydrogens is 404 g/mol. The Labute approximate surface area is 165 Å². The van der Waals surface area contributed by atoms with Crippen molar-refractivity contribution < 1.29 is 13.0 Å². The molecule has 7 nitrogen and oxygen atoms in total. The third-order valence-electron chi connectivity index (χ3n) is 3.67. The molecular formula is C17H20N4O3S3. The Morgan fingerprint density at radius 3 is 2.56 bits per heavy atom. The Morgan fingerprint density at radius 1 is 1.19 bits per heavy atom. The topological polar surface area (TPSA) is 104 Å². The first kappa shape index (κ1) is 19.9. The van der Waals surface area contributed by atoms with Crippen LogP contribution < -0.4 is 5.32 Å². The second kappa shape index (κ2) is 8.42. The Morgan fingerprint density at radius 2 is 1.93 bits per heavy atom. The van der Waals surface area contributed by atoms with Crippen LogP contribution in [0.4, 0.5) is 16.5 Å². The van der Waals surface area contributed by atoms with Crippen LogP contribution >= 0.6 is 22.7 Å². The molecule has 0 saturated carbocycles. The van der Waals surface area contributed by atoms with Gasteiger partial charge in [-0.15, -0.1) is 21.6 Å². The van der Waals surface area contributed by atoms with Crippen molar-refractivity contribution in [2.45, 2.75) is 26.7 Å². The van der Waals surface area contributed by atoms with Crippen molar-refractivity contribution in [1.82, 2.24) is 4.98 Å². The second-order valence-corrected chi connectivity index (χ2v) is 10.0. The summed E-state index contributed by atoms with van der Waals surface area (Å²) in [4.78, 5) is 6.87. The van der Waals surface area contributed by atoms with E-state index >= 15 is 0 Å². The number of thiazole rings is 1. The number of aryl methyl sites for hydroxylation is 1. The van der Waals surface area contributed by atoms with Gasteiger partial charge in [-0.1, -0.05) is 25.2 Å². The summed E-state index contributed by atoms with van der Waals surface area (Å²) in [6.07, 6.45) is 2.26. The van der Waals surface area contributed by atoms with Gasteiger partial charge in [0.15, 0.2) is 0 Å². The maximum Gasteiger partial charge on any atom is 0.283 e. The van der Waals surface area contributed by atoms with Gasteiger partial charge < -0.3 is 5.32 Å². The summed E-state index contributed by atoms with van der Waals surface area (Å²) in [5.41, 5.74) is 1.19. The van der Waals surface area contributed by atoms with Crippen molar-refractivity contribution in [2.75, 3.05) is 11.2 Å². The molecule has 3 rings (SSSR count). The number of azo groups is 1. The predicted octanol–water partition coefficient (Wildman–Crippen LogP) is 5.62. The fraction of sp³-hybridized carbons (Fsp3) is 0.353. The molecule has 0 bridgehead atoms. The van der Waals surface area contributed by atoms with Crippen LogP contribution in [0.15, 0.2) is 40.6 Å². The van der Waals surface area contributed by atoms with E-state index in [4.69, 9.17) is 4.55 Å². The van der Waals surface area contributed by atoms with Crippen LogP contribution in [0.25, 0.3) is 9.53 Å². The maximum atomic E-state index is 10.7. The fourth-order valence-electron chi connectivity index (χ4n) is 2.29. The number of anilines is 1. The number of hydrogen-bond acceptors (Lipinski definition) is 8. The molecule has 3 aromatic rings. The van der Waals surface area contributed by atoms with E-state index < -0.39 is 16.0 Å². The Kier molecular flexibility index (Phi) is 6.20. The van der Waals surface area contributed by atoms with Crippen LogP contribution in [0.2, 0.25) is 0 Å². The van der Waals surface area contributed by atoms with Gasteiger partial charge in [0.1, 0.15) is 10.7 Å². The number of rotatable bonds is 8. The first-order valence-electron chi connectivity index (χ1n) is 8.38. The molecule has 0 aliphatic heterocycles. The molecule has 0 saturated heterocycles. The largest absolute Gasteiger partial charge is 0.370 e. The van der Waals surface area contributed by atoms with Gasteiger partial charge in [0.05, 0.1) is 10.4 Å². The van der Waals surface area contributed by atoms with Crippen LogP contribution in [-0.2, 0) is 16.5 Å². The number of aromatic nitrogens is 1. The monoisotopic (exact) mass is 424 g/mol. The third-order valence-corrected chi connectivity index (χ3v) is 6.29. The van der Waals surface area contributed by atoms with Gasteiger partial charge in [0, 0.05) is 10.6 Å². The van der Waals surface area contributed by atoms with E-state index in [1.807, 2.05) is 0 Å². The van der Waals surface area contributed by atoms with Gasteiger partial charge >= 0.3 is 0 Å². The summed E-state index contributed by atoms with van der Waals surface area (Å²) >= 11 is 3.23. The van der Waals surface area contributed by atoms with Gasteiger partial charge in [0.2, 0.25) is 5.13 Å². The average molecular weight is 425 g/mol. The van der Waals surface area contributed by atoms with Gasteiger partial charge in [-0.3, -0.25) is 4.55 Å². The quantitative estimate of drug-likeness (QED) is 0.361. The Bertz CT molecular complexity index is 1010. The van der Waals surface area contributed by atoms with E-state index in [1.54, 1.807) is 35.6 Å². The molecule has 2 heterocycles. The number of nitrogens with zero attached hydrogens (tertiary/aromatic N) is 3. The highest BCUT2D eigenvalue weighted by Gasteiger charge is 2.09. The Balaban J connectivity index is 1.62. The SMILES string of the molecule is CC(C)CCc1cc2sc(/N=N/c3ccc(NCS(=O)(=O)O)cc3)nc2s1. The van der Waals surface area contributed by atoms with E-state index in [2.05, 4.69) is 40.4 Å². The molecule has 1 aromatic carbocycles. The van der Waals surface area contributed by atoms with E-state index in [-0.39, 0.29) is 0 Å². The van der Waals surface area contributed by atoms with Crippen LogP contribution in [0.3, 0.4) is 0 Å². The molecule has 0 unspecified atom stereocenters. The molecule has 10 heteroatoms. The molecule has 0 fully saturated rings. The lowest BCUT2D eigenvalue weighted by molar-refractivity contribution is 0.485. The van der Waals surface area contributed by atoms with Crippen molar-refractivity contribution in [3.8, 4) is 0 Å². The van der Waals surface area contributed by atoms with E-state index in [9.17, 15) is 8.42 Å². The second-order valence-electron chi connectivity index (χ2n) is 6.46. The van der Waals surface area contributed by atoms with Crippen LogP contribution in [-0.4, -0.2) is 23.8 Å². The van der Waals surface area contributed by atoms with Crippen molar-refractivity contribution in [1.29, 1.82) is 0 Å². The van der Waals surface area contributed by atoms with Crippen LogP contribution in [0.1, 0.15) is 25.1 Å². The first-order chi connectivity index (χ1) is 12.8. The van der Waals surface area contributed by atoms with E-state index in [0.29, 0.717) is 22.4 Å². The lowest BCUT2D eigenvalue weighted by Gasteiger charge is -2.03. The predicted molar refractivity (Wildman–Crippen MR) is 111 cm³/mol. The smallest absolute Gasteiger partial charge is 0.283 e. The summed E-state index contributed by atoms with van der Waals surface area (Å²) in [5.74, 6) is 0.153. The fourth-order valence-corrected chi connectivity index (χ4v) is 4.71. The lowest BCUT2D eigenvalue weighted by Crippen LogP contribution is -2.12. The number of fused-ring (bicyclic) bond motifs is 1. The van der Waals surface area contributed by atoms with E-state index in [1.165, 1.54) is 22.6 Å². The molecule has 0 spiro atoms. The molecule has 144 valence electrons. The summed E-state index contributed by atoms with van der Waals surface area (Å²) in [6.45, 7) is 4.45. The number of thiophene rings is 1. The third kappa shape index (κ3) is 6.06. The zero-order valence-electron chi connectivity index (χ0n) is 14.9. The Hall–Kier alpha value is -1.88. The summed E-state index contributed by atoms with van der Waals surface area (Å²) in [6, 6.07) is 8.93. The molecule has 2 N–H and O–H groups in total. The van der Waals surface area contributed by atoms with Gasteiger partial charge in [0.25, 0.3) is 10.1 Å². The summed E-state index contributed by atoms with van der Waals surface area (Å²) in [5, 5.41) is 11.6. The normalized spacial score (nSPS) is 12.4. The zero-order chi connectivity index (χ0) is 19.4. The molecule has 2 aromatic heterocycles. The van der Waals surface area contributed by atoms with Crippen molar-refractivity contribution in [3.05, 3.63) is 35.2 Å². The van der Waals surface area contributed by atoms with E-state index in [0.717, 1.165) is 16.0 Å². The van der Waals surface area contributed by atoms with Crippen molar-refractivity contribution in [3.63, 3.8) is 0 Å². The maximum absolute atomic E-state index is 10.7. The summed E-state index contributed by atoms with van der Waals surface area (Å²) in [7, 11) is -4.06. The molecule has 0 amide bonds. The summed E-state index contributed by atoms with van der Waals surface area (Å²) < 4.78 is 31.3. The minimum absolute atomic E-state index is 0.539.